The molecule has 0 radical (unpaired) electrons. The van der Waals surface area contributed by atoms with Gasteiger partial charge in [-0.25, -0.2) is 4.79 Å². The van der Waals surface area contributed by atoms with E-state index in [1.54, 1.807) is 36.0 Å². The fourth-order valence-corrected chi connectivity index (χ4v) is 2.39. The summed E-state index contributed by atoms with van der Waals surface area (Å²) in [6.45, 7) is 0. The molecule has 0 spiro atoms. The van der Waals surface area contributed by atoms with Crippen molar-refractivity contribution in [2.45, 2.75) is 6.42 Å². The number of amides is 1. The van der Waals surface area contributed by atoms with Crippen molar-refractivity contribution in [3.63, 3.8) is 0 Å². The van der Waals surface area contributed by atoms with Crippen LogP contribution in [0.4, 0.5) is 10.5 Å². The number of carbonyl (C=O) groups excluding carboxylic acids is 1. The Morgan fingerprint density at radius 2 is 2.18 bits per heavy atom. The largest absolute Gasteiger partial charge is 0.437 e. The van der Waals surface area contributed by atoms with Crippen LogP contribution in [-0.4, -0.2) is 23.3 Å². The standard InChI is InChI=1S/C11H11ClN2O2S/c12-8-1-3-9(4-2-8)13-11(15)16-14-10-5-6-17-7-10/h1-4H,5-7H2,(H,13,15)/b14-10-. The Morgan fingerprint density at radius 3 is 2.82 bits per heavy atom. The molecule has 1 N–H and O–H groups in total. The number of nitrogens with one attached hydrogen (secondary N) is 1. The van der Waals surface area contributed by atoms with Crippen LogP contribution >= 0.6 is 23.4 Å². The van der Waals surface area contributed by atoms with E-state index in [1.165, 1.54) is 0 Å². The van der Waals surface area contributed by atoms with E-state index in [0.717, 1.165) is 23.6 Å². The molecule has 1 amide bonds. The van der Waals surface area contributed by atoms with Gasteiger partial charge in [-0.3, -0.25) is 10.2 Å². The maximum Gasteiger partial charge on any atom is 0.437 e. The lowest BCUT2D eigenvalue weighted by molar-refractivity contribution is 0.166. The molecule has 4 nitrogen and oxygen atoms in total. The maximum absolute atomic E-state index is 11.4. The van der Waals surface area contributed by atoms with Crippen molar-refractivity contribution >= 4 is 40.9 Å². The van der Waals surface area contributed by atoms with Crippen LogP contribution in [0.5, 0.6) is 0 Å². The predicted molar refractivity (Wildman–Crippen MR) is 70.9 cm³/mol. The molecule has 1 heterocycles. The number of benzene rings is 1. The molecule has 0 aliphatic carbocycles. The zero-order valence-corrected chi connectivity index (χ0v) is 10.6. The van der Waals surface area contributed by atoms with Crippen LogP contribution in [0.1, 0.15) is 6.42 Å². The van der Waals surface area contributed by atoms with Gasteiger partial charge < -0.3 is 0 Å². The summed E-state index contributed by atoms with van der Waals surface area (Å²) in [6.07, 6.45) is 0.301. The summed E-state index contributed by atoms with van der Waals surface area (Å²) >= 11 is 7.51. The Morgan fingerprint density at radius 1 is 1.41 bits per heavy atom. The molecule has 1 aliphatic rings. The Hall–Kier alpha value is -1.20. The summed E-state index contributed by atoms with van der Waals surface area (Å²) in [5.74, 6) is 1.88. The first-order valence-electron chi connectivity index (χ1n) is 5.11. The Balaban J connectivity index is 1.84. The Kier molecular flexibility index (Phi) is 4.28. The third-order valence-corrected chi connectivity index (χ3v) is 3.43. The summed E-state index contributed by atoms with van der Waals surface area (Å²) in [4.78, 5) is 16.1. The van der Waals surface area contributed by atoms with Gasteiger partial charge >= 0.3 is 6.09 Å². The van der Waals surface area contributed by atoms with Crippen LogP contribution in [0.3, 0.4) is 0 Å². The molecule has 1 aromatic rings. The number of rotatable bonds is 2. The third-order valence-electron chi connectivity index (χ3n) is 2.15. The third kappa shape index (κ3) is 3.94. The number of carbonyl (C=O) groups is 1. The highest BCUT2D eigenvalue weighted by atomic mass is 35.5. The first kappa shape index (κ1) is 12.3. The lowest BCUT2D eigenvalue weighted by Crippen LogP contribution is -2.12. The van der Waals surface area contributed by atoms with E-state index in [9.17, 15) is 4.79 Å². The van der Waals surface area contributed by atoms with Crippen molar-refractivity contribution in [1.29, 1.82) is 0 Å². The average molecular weight is 271 g/mol. The van der Waals surface area contributed by atoms with Gasteiger partial charge in [0.25, 0.3) is 0 Å². The molecule has 0 aromatic heterocycles. The maximum atomic E-state index is 11.4. The van der Waals surface area contributed by atoms with Crippen molar-refractivity contribution in [2.24, 2.45) is 5.16 Å². The molecular formula is C11H11ClN2O2S. The number of nitrogens with zero attached hydrogens (tertiary/aromatic N) is 1. The molecule has 90 valence electrons. The summed E-state index contributed by atoms with van der Waals surface area (Å²) in [5.41, 5.74) is 1.54. The molecule has 1 aromatic carbocycles. The van der Waals surface area contributed by atoms with E-state index in [1.807, 2.05) is 0 Å². The summed E-state index contributed by atoms with van der Waals surface area (Å²) in [6, 6.07) is 6.78. The van der Waals surface area contributed by atoms with Crippen LogP contribution in [-0.2, 0) is 4.84 Å². The number of oxime groups is 1. The van der Waals surface area contributed by atoms with Gasteiger partial charge in [-0.2, -0.15) is 11.8 Å². The fraction of sp³-hybridized carbons (Fsp3) is 0.273. The van der Waals surface area contributed by atoms with Gasteiger partial charge in [-0.05, 0) is 36.4 Å². The molecule has 1 fully saturated rings. The van der Waals surface area contributed by atoms with Crippen LogP contribution in [0.25, 0.3) is 0 Å². The van der Waals surface area contributed by atoms with E-state index >= 15 is 0 Å². The molecule has 0 saturated carbocycles. The molecule has 17 heavy (non-hydrogen) atoms. The minimum absolute atomic E-state index is 0.586. The van der Waals surface area contributed by atoms with Crippen molar-refractivity contribution in [3.8, 4) is 0 Å². The first-order valence-corrected chi connectivity index (χ1v) is 6.64. The van der Waals surface area contributed by atoms with E-state index < -0.39 is 6.09 Å². The SMILES string of the molecule is O=C(Nc1ccc(Cl)cc1)O/N=C1/CCSC1. The number of anilines is 1. The molecule has 1 saturated heterocycles. The van der Waals surface area contributed by atoms with Crippen LogP contribution in [0, 0.1) is 0 Å². The van der Waals surface area contributed by atoms with Crippen molar-refractivity contribution in [1.82, 2.24) is 0 Å². The highest BCUT2D eigenvalue weighted by molar-refractivity contribution is 8.00. The second-order valence-electron chi connectivity index (χ2n) is 3.47. The lowest BCUT2D eigenvalue weighted by atomic mass is 10.3. The topological polar surface area (TPSA) is 50.7 Å². The number of halogens is 1. The second-order valence-corrected chi connectivity index (χ2v) is 5.01. The van der Waals surface area contributed by atoms with Gasteiger partial charge in [-0.15, -0.1) is 0 Å². The van der Waals surface area contributed by atoms with Crippen molar-refractivity contribution in [3.05, 3.63) is 29.3 Å². The summed E-state index contributed by atoms with van der Waals surface area (Å²) < 4.78 is 0. The molecule has 0 atom stereocenters. The van der Waals surface area contributed by atoms with E-state index in [-0.39, 0.29) is 0 Å². The second kappa shape index (κ2) is 5.93. The van der Waals surface area contributed by atoms with Gasteiger partial charge in [0.2, 0.25) is 0 Å². The number of thioether (sulfide) groups is 1. The van der Waals surface area contributed by atoms with Crippen LogP contribution in [0.15, 0.2) is 29.4 Å². The van der Waals surface area contributed by atoms with Gasteiger partial charge in [0.1, 0.15) is 0 Å². The Labute approximate surface area is 108 Å². The smallest absolute Gasteiger partial charge is 0.298 e. The van der Waals surface area contributed by atoms with E-state index in [2.05, 4.69) is 10.5 Å². The van der Waals surface area contributed by atoms with E-state index in [4.69, 9.17) is 16.4 Å². The first-order chi connectivity index (χ1) is 8.24. The average Bonchev–Trinajstić information content (AvgIpc) is 2.83. The molecule has 6 heteroatoms. The molecule has 1 aliphatic heterocycles. The number of hydrogen-bond donors (Lipinski definition) is 1. The minimum atomic E-state index is -0.586. The normalized spacial score (nSPS) is 17.1. The van der Waals surface area contributed by atoms with Crippen molar-refractivity contribution < 1.29 is 9.63 Å². The lowest BCUT2D eigenvalue weighted by Gasteiger charge is -2.02. The van der Waals surface area contributed by atoms with Gasteiger partial charge in [-0.1, -0.05) is 16.8 Å². The zero-order chi connectivity index (χ0) is 12.1. The van der Waals surface area contributed by atoms with Crippen molar-refractivity contribution in [2.75, 3.05) is 16.8 Å². The Bertz CT molecular complexity index is 426. The highest BCUT2D eigenvalue weighted by Gasteiger charge is 2.10. The molecular weight excluding hydrogens is 260 g/mol. The summed E-state index contributed by atoms with van der Waals surface area (Å²) in [7, 11) is 0. The quantitative estimate of drug-likeness (QED) is 0.662. The van der Waals surface area contributed by atoms with Gasteiger partial charge in [0.05, 0.1) is 5.71 Å². The fourth-order valence-electron chi connectivity index (χ4n) is 1.30. The van der Waals surface area contributed by atoms with Crippen LogP contribution in [0.2, 0.25) is 5.02 Å². The predicted octanol–water partition coefficient (Wildman–Crippen LogP) is 3.38. The molecule has 2 rings (SSSR count). The number of hydrogen-bond acceptors (Lipinski definition) is 4. The summed E-state index contributed by atoms with van der Waals surface area (Å²) in [5, 5.41) is 6.97. The van der Waals surface area contributed by atoms with E-state index in [0.29, 0.717) is 10.7 Å². The zero-order valence-electron chi connectivity index (χ0n) is 8.98. The molecule has 0 unspecified atom stereocenters. The molecule has 0 bridgehead atoms. The highest BCUT2D eigenvalue weighted by Crippen LogP contribution is 2.15. The van der Waals surface area contributed by atoms with Gasteiger partial charge in [0.15, 0.2) is 0 Å². The van der Waals surface area contributed by atoms with Crippen LogP contribution < -0.4 is 5.32 Å². The monoisotopic (exact) mass is 270 g/mol. The van der Waals surface area contributed by atoms with Gasteiger partial charge in [0, 0.05) is 16.5 Å². The minimum Gasteiger partial charge on any atom is -0.298 e.